The summed E-state index contributed by atoms with van der Waals surface area (Å²) in [7, 11) is 0. The molecule has 1 nitrogen and oxygen atoms in total. The summed E-state index contributed by atoms with van der Waals surface area (Å²) in [5.41, 5.74) is 0. The van der Waals surface area contributed by atoms with Gasteiger partial charge >= 0.3 is 0 Å². The van der Waals surface area contributed by atoms with Gasteiger partial charge in [0.1, 0.15) is 0 Å². The summed E-state index contributed by atoms with van der Waals surface area (Å²) >= 11 is 7.44. The van der Waals surface area contributed by atoms with Crippen molar-refractivity contribution in [1.29, 1.82) is 0 Å². The van der Waals surface area contributed by atoms with E-state index in [4.69, 9.17) is 4.74 Å². The third-order valence-corrected chi connectivity index (χ3v) is 1.80. The third kappa shape index (κ3) is 1.80. The van der Waals surface area contributed by atoms with Crippen LogP contribution < -0.4 is 0 Å². The van der Waals surface area contributed by atoms with E-state index in [0.29, 0.717) is 6.61 Å². The van der Waals surface area contributed by atoms with E-state index in [-0.39, 0.29) is 0 Å². The molecule has 0 saturated heterocycles. The number of thiol groups is 1. The number of halogens is 1. The Labute approximate surface area is 62.6 Å². The minimum absolute atomic E-state index is 0.401. The van der Waals surface area contributed by atoms with Crippen molar-refractivity contribution in [1.82, 2.24) is 0 Å². The molecule has 0 saturated carbocycles. The van der Waals surface area contributed by atoms with Gasteiger partial charge in [-0.2, -0.15) is 0 Å². The largest absolute Gasteiger partial charge is 0.350 e. The average molecular weight is 195 g/mol. The highest BCUT2D eigenvalue weighted by Gasteiger charge is 2.21. The normalized spacial score (nSPS) is 37.8. The van der Waals surface area contributed by atoms with Gasteiger partial charge in [0, 0.05) is 6.42 Å². The molecule has 0 spiro atoms. The van der Waals surface area contributed by atoms with Gasteiger partial charge in [-0.25, -0.2) is 0 Å². The van der Waals surface area contributed by atoms with Gasteiger partial charge in [-0.15, -0.1) is 12.6 Å². The molecule has 0 aromatic heterocycles. The lowest BCUT2D eigenvalue weighted by molar-refractivity contribution is 0.114. The zero-order valence-electron chi connectivity index (χ0n) is 4.30. The quantitative estimate of drug-likeness (QED) is 0.353. The maximum Gasteiger partial charge on any atom is 0.170 e. The van der Waals surface area contributed by atoms with Crippen LogP contribution in [0.25, 0.3) is 0 Å². The van der Waals surface area contributed by atoms with Crippen molar-refractivity contribution in [2.45, 2.75) is 10.3 Å². The van der Waals surface area contributed by atoms with Crippen LogP contribution in [0.2, 0.25) is 0 Å². The molecular formula is C5H7BrOS. The molecule has 0 amide bonds. The number of ether oxygens (including phenoxy) is 1. The molecule has 0 bridgehead atoms. The smallest absolute Gasteiger partial charge is 0.170 e. The molecule has 0 aromatic carbocycles. The van der Waals surface area contributed by atoms with Crippen LogP contribution in [0, 0.1) is 0 Å². The predicted molar refractivity (Wildman–Crippen MR) is 40.4 cm³/mol. The molecule has 1 atom stereocenters. The van der Waals surface area contributed by atoms with Crippen LogP contribution in [-0.2, 0) is 4.74 Å². The second-order valence-corrected chi connectivity index (χ2v) is 4.29. The second-order valence-electron chi connectivity index (χ2n) is 1.68. The Morgan fingerprint density at radius 3 is 2.62 bits per heavy atom. The maximum atomic E-state index is 5.16. The van der Waals surface area contributed by atoms with Crippen LogP contribution >= 0.6 is 28.6 Å². The molecule has 8 heavy (non-hydrogen) atoms. The summed E-state index contributed by atoms with van der Waals surface area (Å²) in [4.78, 5) is 0. The molecule has 0 N–H and O–H groups in total. The van der Waals surface area contributed by atoms with Crippen LogP contribution in [0.5, 0.6) is 0 Å². The number of hydrogen-bond acceptors (Lipinski definition) is 2. The van der Waals surface area contributed by atoms with E-state index in [1.807, 2.05) is 12.2 Å². The first kappa shape index (κ1) is 6.65. The summed E-state index contributed by atoms with van der Waals surface area (Å²) in [5.74, 6) is 0. The summed E-state index contributed by atoms with van der Waals surface area (Å²) < 4.78 is 4.76. The molecule has 46 valence electrons. The molecule has 1 rings (SSSR count). The van der Waals surface area contributed by atoms with Crippen molar-refractivity contribution in [3.05, 3.63) is 12.2 Å². The number of rotatable bonds is 0. The lowest BCUT2D eigenvalue weighted by atomic mass is 10.3. The van der Waals surface area contributed by atoms with Crippen LogP contribution in [0.3, 0.4) is 0 Å². The lowest BCUT2D eigenvalue weighted by Gasteiger charge is -2.22. The van der Waals surface area contributed by atoms with E-state index in [0.717, 1.165) is 6.42 Å². The minimum Gasteiger partial charge on any atom is -0.350 e. The molecule has 3 heteroatoms. The SMILES string of the molecule is SC1(Br)CC=CCO1. The zero-order valence-corrected chi connectivity index (χ0v) is 6.78. The highest BCUT2D eigenvalue weighted by Crippen LogP contribution is 2.31. The predicted octanol–water partition coefficient (Wildman–Crippen LogP) is 1.94. The topological polar surface area (TPSA) is 9.23 Å². The van der Waals surface area contributed by atoms with Gasteiger partial charge in [0.15, 0.2) is 3.84 Å². The molecule has 1 aliphatic heterocycles. The third-order valence-electron chi connectivity index (χ3n) is 0.937. The van der Waals surface area contributed by atoms with Gasteiger partial charge < -0.3 is 4.74 Å². The van der Waals surface area contributed by atoms with Gasteiger partial charge in [-0.3, -0.25) is 0 Å². The Morgan fingerprint density at radius 1 is 1.62 bits per heavy atom. The molecule has 0 aromatic rings. The Morgan fingerprint density at radius 2 is 2.38 bits per heavy atom. The summed E-state index contributed by atoms with van der Waals surface area (Å²) in [6, 6.07) is 0. The Kier molecular flexibility index (Phi) is 2.01. The van der Waals surface area contributed by atoms with Crippen molar-refractivity contribution >= 4 is 28.6 Å². The van der Waals surface area contributed by atoms with Crippen LogP contribution in [-0.4, -0.2) is 10.4 Å². The first-order valence-corrected chi connectivity index (χ1v) is 3.65. The van der Waals surface area contributed by atoms with Gasteiger partial charge in [0.05, 0.1) is 6.61 Å². The molecule has 1 heterocycles. The van der Waals surface area contributed by atoms with Crippen molar-refractivity contribution in [2.24, 2.45) is 0 Å². The molecule has 0 fully saturated rings. The fourth-order valence-corrected chi connectivity index (χ4v) is 1.03. The van der Waals surface area contributed by atoms with E-state index in [1.54, 1.807) is 0 Å². The van der Waals surface area contributed by atoms with E-state index >= 15 is 0 Å². The molecule has 0 radical (unpaired) electrons. The van der Waals surface area contributed by atoms with Gasteiger partial charge in [0.2, 0.25) is 0 Å². The zero-order chi connectivity index (χ0) is 6.04. The summed E-state index contributed by atoms with van der Waals surface area (Å²) in [5, 5.41) is 0. The molecule has 0 aliphatic carbocycles. The van der Waals surface area contributed by atoms with Crippen LogP contribution in [0.4, 0.5) is 0 Å². The summed E-state index contributed by atoms with van der Waals surface area (Å²) in [6.45, 7) is 0.661. The number of alkyl halides is 1. The Hall–Kier alpha value is 0.530. The first-order chi connectivity index (χ1) is 3.71. The lowest BCUT2D eigenvalue weighted by Crippen LogP contribution is -2.19. The standard InChI is InChI=1S/C5H7BrOS/c6-5(8)3-1-2-4-7-5/h1-2,8H,3-4H2. The van der Waals surface area contributed by atoms with Gasteiger partial charge in [-0.1, -0.05) is 12.2 Å². The van der Waals surface area contributed by atoms with Crippen molar-refractivity contribution < 1.29 is 4.74 Å². The van der Waals surface area contributed by atoms with E-state index in [9.17, 15) is 0 Å². The average Bonchev–Trinajstić information content (AvgIpc) is 1.65. The van der Waals surface area contributed by atoms with E-state index < -0.39 is 3.84 Å². The van der Waals surface area contributed by atoms with E-state index in [1.165, 1.54) is 0 Å². The monoisotopic (exact) mass is 194 g/mol. The van der Waals surface area contributed by atoms with Gasteiger partial charge in [-0.05, 0) is 15.9 Å². The molecule has 1 aliphatic rings. The first-order valence-electron chi connectivity index (χ1n) is 2.41. The molecular weight excluding hydrogens is 188 g/mol. The second kappa shape index (κ2) is 2.42. The van der Waals surface area contributed by atoms with Crippen LogP contribution in [0.15, 0.2) is 12.2 Å². The highest BCUT2D eigenvalue weighted by molar-refractivity contribution is 9.11. The van der Waals surface area contributed by atoms with E-state index in [2.05, 4.69) is 28.6 Å². The number of hydrogen-bond donors (Lipinski definition) is 1. The fraction of sp³-hybridized carbons (Fsp3) is 0.600. The maximum absolute atomic E-state index is 5.16. The molecule has 1 unspecified atom stereocenters. The van der Waals surface area contributed by atoms with Gasteiger partial charge in [0.25, 0.3) is 0 Å². The minimum atomic E-state index is -0.401. The van der Waals surface area contributed by atoms with Crippen molar-refractivity contribution in [3.8, 4) is 0 Å². The Bertz CT molecular complexity index is 111. The summed E-state index contributed by atoms with van der Waals surface area (Å²) in [6.07, 6.45) is 4.86. The Balaban J connectivity index is 2.50. The van der Waals surface area contributed by atoms with Crippen molar-refractivity contribution in [3.63, 3.8) is 0 Å². The van der Waals surface area contributed by atoms with Crippen LogP contribution in [0.1, 0.15) is 6.42 Å². The fourth-order valence-electron chi connectivity index (χ4n) is 0.531. The van der Waals surface area contributed by atoms with Crippen molar-refractivity contribution in [2.75, 3.05) is 6.61 Å². The highest BCUT2D eigenvalue weighted by atomic mass is 79.9.